The third kappa shape index (κ3) is 3.55. The molecule has 0 aromatic rings. The van der Waals surface area contributed by atoms with E-state index in [-0.39, 0.29) is 12.4 Å². The molecule has 78 valence electrons. The number of nitrogens with one attached hydrogen (secondary N) is 1. The molecule has 1 rings (SSSR count). The van der Waals surface area contributed by atoms with Gasteiger partial charge in [-0.05, 0) is 37.5 Å². The van der Waals surface area contributed by atoms with Gasteiger partial charge in [-0.15, -0.1) is 12.4 Å². The van der Waals surface area contributed by atoms with Crippen LogP contribution in [-0.2, 0) is 0 Å². The number of hydrogen-bond acceptors (Lipinski definition) is 1. The number of hydrogen-bond donors (Lipinski definition) is 2. The summed E-state index contributed by atoms with van der Waals surface area (Å²) in [6.07, 6.45) is 4.81. The van der Waals surface area contributed by atoms with Crippen molar-refractivity contribution in [3.63, 3.8) is 0 Å². The van der Waals surface area contributed by atoms with Gasteiger partial charge in [0.05, 0.1) is 5.84 Å². The topological polar surface area (TPSA) is 49.9 Å². The van der Waals surface area contributed by atoms with Crippen LogP contribution in [0.3, 0.4) is 0 Å². The summed E-state index contributed by atoms with van der Waals surface area (Å²) in [6.45, 7) is 4.58. The van der Waals surface area contributed by atoms with Crippen molar-refractivity contribution in [2.45, 2.75) is 39.5 Å². The Morgan fingerprint density at radius 3 is 2.00 bits per heavy atom. The molecule has 1 saturated carbocycles. The second kappa shape index (κ2) is 5.48. The molecule has 1 aliphatic rings. The van der Waals surface area contributed by atoms with Crippen LogP contribution in [0.5, 0.6) is 0 Å². The van der Waals surface area contributed by atoms with Gasteiger partial charge in [0.1, 0.15) is 0 Å². The van der Waals surface area contributed by atoms with Crippen LogP contribution in [-0.4, -0.2) is 5.84 Å². The first-order valence-electron chi connectivity index (χ1n) is 4.95. The van der Waals surface area contributed by atoms with E-state index in [4.69, 9.17) is 11.1 Å². The van der Waals surface area contributed by atoms with E-state index in [1.54, 1.807) is 0 Å². The van der Waals surface area contributed by atoms with Crippen molar-refractivity contribution >= 4 is 18.2 Å². The van der Waals surface area contributed by atoms with E-state index in [0.29, 0.717) is 11.8 Å². The zero-order valence-corrected chi connectivity index (χ0v) is 9.36. The summed E-state index contributed by atoms with van der Waals surface area (Å²) < 4.78 is 0. The molecule has 0 aromatic heterocycles. The van der Waals surface area contributed by atoms with Crippen molar-refractivity contribution in [1.29, 1.82) is 5.41 Å². The van der Waals surface area contributed by atoms with Gasteiger partial charge in [-0.2, -0.15) is 0 Å². The Labute approximate surface area is 87.2 Å². The molecular formula is C10H21ClN2. The summed E-state index contributed by atoms with van der Waals surface area (Å²) in [6, 6.07) is 0. The highest BCUT2D eigenvalue weighted by Crippen LogP contribution is 2.32. The number of amidine groups is 1. The van der Waals surface area contributed by atoms with E-state index < -0.39 is 0 Å². The molecule has 13 heavy (non-hydrogen) atoms. The molecule has 0 radical (unpaired) electrons. The molecule has 0 atom stereocenters. The monoisotopic (exact) mass is 204 g/mol. The van der Waals surface area contributed by atoms with Crippen molar-refractivity contribution in [2.24, 2.45) is 23.5 Å². The van der Waals surface area contributed by atoms with E-state index in [0.717, 1.165) is 24.7 Å². The molecule has 1 aliphatic carbocycles. The lowest BCUT2D eigenvalue weighted by molar-refractivity contribution is 0.255. The molecule has 0 bridgehead atoms. The maximum absolute atomic E-state index is 7.34. The minimum atomic E-state index is 0. The van der Waals surface area contributed by atoms with Gasteiger partial charge < -0.3 is 5.73 Å². The SMILES string of the molecule is CC(C)C1CCC(C(=N)N)CC1.Cl. The second-order valence-corrected chi connectivity index (χ2v) is 4.31. The molecule has 1 fully saturated rings. The van der Waals surface area contributed by atoms with Crippen LogP contribution in [0.25, 0.3) is 0 Å². The van der Waals surface area contributed by atoms with Gasteiger partial charge in [0, 0.05) is 5.92 Å². The fourth-order valence-corrected chi connectivity index (χ4v) is 2.10. The van der Waals surface area contributed by atoms with Crippen LogP contribution in [0.2, 0.25) is 0 Å². The summed E-state index contributed by atoms with van der Waals surface area (Å²) in [5.74, 6) is 2.47. The minimum absolute atomic E-state index is 0. The summed E-state index contributed by atoms with van der Waals surface area (Å²) in [5, 5.41) is 7.34. The molecule has 3 N–H and O–H groups in total. The van der Waals surface area contributed by atoms with E-state index >= 15 is 0 Å². The van der Waals surface area contributed by atoms with E-state index in [9.17, 15) is 0 Å². The van der Waals surface area contributed by atoms with Gasteiger partial charge >= 0.3 is 0 Å². The average molecular weight is 205 g/mol. The molecule has 2 nitrogen and oxygen atoms in total. The van der Waals surface area contributed by atoms with Gasteiger partial charge in [0.25, 0.3) is 0 Å². The third-order valence-corrected chi connectivity index (χ3v) is 3.15. The first kappa shape index (κ1) is 12.8. The average Bonchev–Trinajstić information content (AvgIpc) is 2.04. The van der Waals surface area contributed by atoms with Crippen molar-refractivity contribution < 1.29 is 0 Å². The van der Waals surface area contributed by atoms with E-state index in [1.807, 2.05) is 0 Å². The van der Waals surface area contributed by atoms with Crippen LogP contribution in [0.4, 0.5) is 0 Å². The molecule has 0 aliphatic heterocycles. The molecule has 0 saturated heterocycles. The Kier molecular flexibility index (Phi) is 5.38. The van der Waals surface area contributed by atoms with Crippen molar-refractivity contribution in [3.8, 4) is 0 Å². The molecular weight excluding hydrogens is 184 g/mol. The minimum Gasteiger partial charge on any atom is -0.387 e. The molecule has 0 unspecified atom stereocenters. The first-order chi connectivity index (χ1) is 5.61. The van der Waals surface area contributed by atoms with Gasteiger partial charge in [-0.25, -0.2) is 0 Å². The van der Waals surface area contributed by atoms with Crippen molar-refractivity contribution in [3.05, 3.63) is 0 Å². The highest BCUT2D eigenvalue weighted by Gasteiger charge is 2.24. The number of nitrogens with two attached hydrogens (primary N) is 1. The lowest BCUT2D eigenvalue weighted by atomic mass is 9.77. The van der Waals surface area contributed by atoms with Crippen LogP contribution in [0.1, 0.15) is 39.5 Å². The lowest BCUT2D eigenvalue weighted by Gasteiger charge is -2.30. The maximum Gasteiger partial charge on any atom is 0.0936 e. The fourth-order valence-electron chi connectivity index (χ4n) is 2.10. The highest BCUT2D eigenvalue weighted by molar-refractivity contribution is 5.85. The number of halogens is 1. The van der Waals surface area contributed by atoms with Gasteiger partial charge in [-0.1, -0.05) is 13.8 Å². The van der Waals surface area contributed by atoms with Gasteiger partial charge in [0.15, 0.2) is 0 Å². The third-order valence-electron chi connectivity index (χ3n) is 3.15. The summed E-state index contributed by atoms with van der Waals surface area (Å²) in [7, 11) is 0. The Balaban J connectivity index is 0.00000144. The van der Waals surface area contributed by atoms with E-state index in [2.05, 4.69) is 13.8 Å². The predicted octanol–water partition coefficient (Wildman–Crippen LogP) is 2.81. The van der Waals surface area contributed by atoms with Crippen molar-refractivity contribution in [1.82, 2.24) is 0 Å². The Morgan fingerprint density at radius 1 is 1.23 bits per heavy atom. The first-order valence-corrected chi connectivity index (χ1v) is 4.95. The summed E-state index contributed by atoms with van der Waals surface area (Å²) in [4.78, 5) is 0. The van der Waals surface area contributed by atoms with Gasteiger partial charge in [0.2, 0.25) is 0 Å². The summed E-state index contributed by atoms with van der Waals surface area (Å²) >= 11 is 0. The maximum atomic E-state index is 7.34. The number of rotatable bonds is 2. The van der Waals surface area contributed by atoms with Crippen LogP contribution in [0.15, 0.2) is 0 Å². The summed E-state index contributed by atoms with van der Waals surface area (Å²) in [5.41, 5.74) is 5.47. The molecule has 3 heteroatoms. The lowest BCUT2D eigenvalue weighted by Crippen LogP contribution is -2.28. The molecule has 0 amide bonds. The standard InChI is InChI=1S/C10H20N2.ClH/c1-7(2)8-3-5-9(6-4-8)10(11)12;/h7-9H,3-6H2,1-2H3,(H3,11,12);1H. The molecule has 0 spiro atoms. The smallest absolute Gasteiger partial charge is 0.0936 e. The molecule has 0 heterocycles. The normalized spacial score (nSPS) is 28.2. The predicted molar refractivity (Wildman–Crippen MR) is 59.4 cm³/mol. The quantitative estimate of drug-likeness (QED) is 0.528. The highest BCUT2D eigenvalue weighted by atomic mass is 35.5. The van der Waals surface area contributed by atoms with Crippen LogP contribution in [0, 0.1) is 23.2 Å². The largest absolute Gasteiger partial charge is 0.387 e. The Morgan fingerprint density at radius 2 is 1.69 bits per heavy atom. The van der Waals surface area contributed by atoms with Crippen molar-refractivity contribution in [2.75, 3.05) is 0 Å². The fraction of sp³-hybridized carbons (Fsp3) is 0.900. The second-order valence-electron chi connectivity index (χ2n) is 4.31. The Hall–Kier alpha value is -0.240. The van der Waals surface area contributed by atoms with E-state index in [1.165, 1.54) is 12.8 Å². The van der Waals surface area contributed by atoms with Crippen LogP contribution >= 0.6 is 12.4 Å². The molecule has 0 aromatic carbocycles. The van der Waals surface area contributed by atoms with Gasteiger partial charge in [-0.3, -0.25) is 5.41 Å². The zero-order chi connectivity index (χ0) is 9.14. The Bertz CT molecular complexity index is 160. The van der Waals surface area contributed by atoms with Crippen LogP contribution < -0.4 is 5.73 Å². The zero-order valence-electron chi connectivity index (χ0n) is 8.55.